The molecule has 228 valence electrons. The van der Waals surface area contributed by atoms with E-state index in [0.717, 1.165) is 23.1 Å². The number of nitrogens with one attached hydrogen (secondary N) is 1. The van der Waals surface area contributed by atoms with Gasteiger partial charge in [-0.2, -0.15) is 0 Å². The summed E-state index contributed by atoms with van der Waals surface area (Å²) in [5.74, 6) is -0.118. The maximum atomic E-state index is 15.3. The second kappa shape index (κ2) is 13.3. The van der Waals surface area contributed by atoms with E-state index in [9.17, 15) is 4.39 Å². The van der Waals surface area contributed by atoms with Gasteiger partial charge in [-0.05, 0) is 59.7 Å². The van der Waals surface area contributed by atoms with Crippen LogP contribution in [0, 0.1) is 17.5 Å². The number of benzene rings is 4. The first kappa shape index (κ1) is 30.7. The minimum Gasteiger partial charge on any atom is -0.494 e. The summed E-state index contributed by atoms with van der Waals surface area (Å²) in [6.45, 7) is 0. The van der Waals surface area contributed by atoms with E-state index in [1.54, 1.807) is 62.4 Å². The molecule has 5 aromatic rings. The predicted octanol–water partition coefficient (Wildman–Crippen LogP) is 8.08. The first-order valence-corrected chi connectivity index (χ1v) is 14.5. The lowest BCUT2D eigenvalue weighted by Crippen LogP contribution is -2.14. The Morgan fingerprint density at radius 2 is 1.45 bits per heavy atom. The first-order valence-electron chi connectivity index (χ1n) is 13.5. The molecule has 0 saturated carbocycles. The van der Waals surface area contributed by atoms with E-state index in [0.29, 0.717) is 39.3 Å². The minimum atomic E-state index is -0.658. The lowest BCUT2D eigenvalue weighted by Gasteiger charge is -2.23. The summed E-state index contributed by atoms with van der Waals surface area (Å²) in [5.41, 5.74) is 3.26. The molecule has 0 bridgehead atoms. The first-order chi connectivity index (χ1) is 21.3. The minimum absolute atomic E-state index is 0.0362. The smallest absolute Gasteiger partial charge is 0.174 e. The molecule has 4 aromatic carbocycles. The van der Waals surface area contributed by atoms with Crippen molar-refractivity contribution in [3.63, 3.8) is 0 Å². The van der Waals surface area contributed by atoms with Crippen LogP contribution in [0.1, 0.15) is 5.56 Å². The number of hydrogen-bond donors (Lipinski definition) is 1. The third-order valence-corrected chi connectivity index (χ3v) is 8.17. The molecule has 0 atom stereocenters. The predicted molar refractivity (Wildman–Crippen MR) is 169 cm³/mol. The Labute approximate surface area is 258 Å². The van der Waals surface area contributed by atoms with E-state index in [1.165, 1.54) is 25.3 Å². The molecule has 5 rings (SSSR count). The lowest BCUT2D eigenvalue weighted by atomic mass is 10.0. The van der Waals surface area contributed by atoms with Crippen LogP contribution in [-0.2, 0) is 5.75 Å². The molecule has 0 fully saturated rings. The van der Waals surface area contributed by atoms with Crippen molar-refractivity contribution in [2.45, 2.75) is 10.9 Å². The second-order valence-corrected chi connectivity index (χ2v) is 10.6. The Kier molecular flexibility index (Phi) is 9.24. The van der Waals surface area contributed by atoms with Gasteiger partial charge in [-0.15, -0.1) is 0 Å². The number of aromatic nitrogens is 2. The normalized spacial score (nSPS) is 10.9. The Bertz CT molecular complexity index is 1760. The number of anilines is 3. The topological polar surface area (TPSA) is 60.8 Å². The lowest BCUT2D eigenvalue weighted by molar-refractivity contribution is 0.355. The molecule has 1 heterocycles. The summed E-state index contributed by atoms with van der Waals surface area (Å²) in [4.78, 5) is 6.46. The maximum Gasteiger partial charge on any atom is 0.174 e. The van der Waals surface area contributed by atoms with Crippen molar-refractivity contribution in [1.29, 1.82) is 0 Å². The summed E-state index contributed by atoms with van der Waals surface area (Å²) in [6.07, 6.45) is 1.64. The molecule has 0 aliphatic carbocycles. The summed E-state index contributed by atoms with van der Waals surface area (Å²) in [5, 5.41) is 3.46. The summed E-state index contributed by atoms with van der Waals surface area (Å²) in [6, 6.07) is 19.8. The van der Waals surface area contributed by atoms with Crippen molar-refractivity contribution in [2.75, 3.05) is 45.6 Å². The molecule has 0 saturated heterocycles. The molecule has 1 aromatic heterocycles. The third kappa shape index (κ3) is 6.14. The average molecular weight is 621 g/mol. The SMILES string of the molecule is CNc1ccc(-c2cc(F)c(CSc3ncc(N(C)c4ccc(OC)c(OC)c4)n3-c3ccc(F)c(OC)c3)c(F)c2)cc1. The van der Waals surface area contributed by atoms with Crippen LogP contribution in [0.4, 0.5) is 30.4 Å². The van der Waals surface area contributed by atoms with Crippen LogP contribution in [-0.4, -0.2) is 45.0 Å². The maximum absolute atomic E-state index is 15.3. The summed E-state index contributed by atoms with van der Waals surface area (Å²) >= 11 is 1.15. The quantitative estimate of drug-likeness (QED) is 0.150. The van der Waals surface area contributed by atoms with E-state index in [2.05, 4.69) is 10.3 Å². The Hall–Kier alpha value is -4.77. The number of ether oxygens (including phenoxy) is 3. The zero-order chi connectivity index (χ0) is 31.4. The summed E-state index contributed by atoms with van der Waals surface area (Å²) in [7, 11) is 8.13. The number of thioether (sulfide) groups is 1. The van der Waals surface area contributed by atoms with Crippen molar-refractivity contribution in [2.24, 2.45) is 0 Å². The van der Waals surface area contributed by atoms with Crippen LogP contribution in [0.3, 0.4) is 0 Å². The van der Waals surface area contributed by atoms with Gasteiger partial charge in [-0.25, -0.2) is 18.2 Å². The molecule has 0 aliphatic rings. The van der Waals surface area contributed by atoms with Gasteiger partial charge in [-0.3, -0.25) is 4.57 Å². The zero-order valence-electron chi connectivity index (χ0n) is 24.8. The fourth-order valence-corrected chi connectivity index (χ4v) is 5.74. The van der Waals surface area contributed by atoms with Gasteiger partial charge in [-0.1, -0.05) is 23.9 Å². The van der Waals surface area contributed by atoms with E-state index >= 15 is 8.78 Å². The van der Waals surface area contributed by atoms with Gasteiger partial charge < -0.3 is 24.4 Å². The van der Waals surface area contributed by atoms with Gasteiger partial charge in [0.2, 0.25) is 0 Å². The number of halogens is 3. The number of nitrogens with zero attached hydrogens (tertiary/aromatic N) is 3. The monoisotopic (exact) mass is 620 g/mol. The fourth-order valence-electron chi connectivity index (χ4n) is 4.73. The van der Waals surface area contributed by atoms with Gasteiger partial charge >= 0.3 is 0 Å². The Morgan fingerprint density at radius 1 is 0.773 bits per heavy atom. The van der Waals surface area contributed by atoms with Crippen LogP contribution >= 0.6 is 11.8 Å². The number of hydrogen-bond acceptors (Lipinski definition) is 7. The highest BCUT2D eigenvalue weighted by Gasteiger charge is 2.21. The fraction of sp³-hybridized carbons (Fsp3) is 0.182. The second-order valence-electron chi connectivity index (χ2n) is 9.69. The van der Waals surface area contributed by atoms with Gasteiger partial charge in [0, 0.05) is 48.9 Å². The number of methoxy groups -OCH3 is 3. The molecular formula is C33H31F3N4O3S. The standard InChI is InChI=1S/C33H31F3N4O3S/c1-37-22-8-6-20(7-9-22)21-14-27(35)25(28(36)15-21)19-44-33-38-18-32(40(33)24-10-12-26(34)30(17-24)42-4)39(2)23-11-13-29(41-3)31(16-23)43-5/h6-18,37H,19H2,1-5H3. The van der Waals surface area contributed by atoms with Crippen molar-refractivity contribution >= 4 is 29.0 Å². The van der Waals surface area contributed by atoms with Gasteiger partial charge in [0.25, 0.3) is 0 Å². The highest BCUT2D eigenvalue weighted by atomic mass is 32.2. The average Bonchev–Trinajstić information content (AvgIpc) is 3.47. The van der Waals surface area contributed by atoms with Crippen LogP contribution in [0.15, 0.2) is 84.1 Å². The van der Waals surface area contributed by atoms with Crippen LogP contribution in [0.5, 0.6) is 17.2 Å². The van der Waals surface area contributed by atoms with E-state index in [1.807, 2.05) is 36.2 Å². The van der Waals surface area contributed by atoms with Crippen molar-refractivity contribution in [1.82, 2.24) is 9.55 Å². The molecule has 1 N–H and O–H groups in total. The van der Waals surface area contributed by atoms with Gasteiger partial charge in [0.1, 0.15) is 17.5 Å². The molecule has 11 heteroatoms. The molecule has 0 aliphatic heterocycles. The largest absolute Gasteiger partial charge is 0.494 e. The van der Waals surface area contributed by atoms with Crippen molar-refractivity contribution < 1.29 is 27.4 Å². The van der Waals surface area contributed by atoms with Gasteiger partial charge in [0.05, 0.1) is 33.2 Å². The van der Waals surface area contributed by atoms with Crippen molar-refractivity contribution in [3.05, 3.63) is 102 Å². The Morgan fingerprint density at radius 3 is 2.09 bits per heavy atom. The molecule has 0 amide bonds. The molecule has 44 heavy (non-hydrogen) atoms. The number of imidazole rings is 1. The van der Waals surface area contributed by atoms with Crippen LogP contribution in [0.2, 0.25) is 0 Å². The molecule has 7 nitrogen and oxygen atoms in total. The van der Waals surface area contributed by atoms with E-state index in [4.69, 9.17) is 14.2 Å². The van der Waals surface area contributed by atoms with Crippen molar-refractivity contribution in [3.8, 4) is 34.1 Å². The summed E-state index contributed by atoms with van der Waals surface area (Å²) < 4.78 is 62.8. The highest BCUT2D eigenvalue weighted by molar-refractivity contribution is 7.98. The van der Waals surface area contributed by atoms with Crippen LogP contribution in [0.25, 0.3) is 16.8 Å². The van der Waals surface area contributed by atoms with E-state index < -0.39 is 17.5 Å². The molecular weight excluding hydrogens is 589 g/mol. The highest BCUT2D eigenvalue weighted by Crippen LogP contribution is 2.38. The zero-order valence-corrected chi connectivity index (χ0v) is 25.6. The number of rotatable bonds is 11. The molecule has 0 unspecified atom stereocenters. The Balaban J connectivity index is 1.50. The van der Waals surface area contributed by atoms with E-state index in [-0.39, 0.29) is 17.1 Å². The molecule has 0 spiro atoms. The molecule has 0 radical (unpaired) electrons. The van der Waals surface area contributed by atoms with Crippen LogP contribution < -0.4 is 24.4 Å². The third-order valence-electron chi connectivity index (χ3n) is 7.20. The van der Waals surface area contributed by atoms with Gasteiger partial charge in [0.15, 0.2) is 28.2 Å².